The van der Waals surface area contributed by atoms with Gasteiger partial charge in [-0.05, 0) is 72.0 Å². The van der Waals surface area contributed by atoms with Crippen LogP contribution in [-0.2, 0) is 12.8 Å². The lowest BCUT2D eigenvalue weighted by molar-refractivity contribution is 0.463. The molecular formula is C32H27N3O. The van der Waals surface area contributed by atoms with E-state index in [-0.39, 0.29) is 0 Å². The van der Waals surface area contributed by atoms with Crippen LogP contribution in [0.5, 0.6) is 11.6 Å². The predicted octanol–water partition coefficient (Wildman–Crippen LogP) is 8.16. The molecule has 6 aromatic rings. The first-order chi connectivity index (χ1) is 17.7. The summed E-state index contributed by atoms with van der Waals surface area (Å²) in [5.74, 6) is 2.32. The van der Waals surface area contributed by atoms with Crippen molar-refractivity contribution in [3.63, 3.8) is 0 Å². The fraction of sp³-hybridized carbons (Fsp3) is 0.125. The van der Waals surface area contributed by atoms with Gasteiger partial charge in [0.25, 0.3) is 0 Å². The Hall–Kier alpha value is -4.44. The zero-order chi connectivity index (χ0) is 24.5. The molecule has 0 aliphatic heterocycles. The molecule has 0 N–H and O–H groups in total. The second-order valence-corrected chi connectivity index (χ2v) is 8.91. The van der Waals surface area contributed by atoms with Crippen molar-refractivity contribution < 1.29 is 4.74 Å². The minimum absolute atomic E-state index is 0.582. The number of para-hydroxylation sites is 1. The minimum Gasteiger partial charge on any atom is -0.439 e. The van der Waals surface area contributed by atoms with Crippen molar-refractivity contribution in [3.8, 4) is 28.6 Å². The molecule has 4 heteroatoms. The average molecular weight is 470 g/mol. The Bertz CT molecular complexity index is 1660. The van der Waals surface area contributed by atoms with E-state index in [1.165, 1.54) is 21.9 Å². The molecule has 3 aromatic carbocycles. The van der Waals surface area contributed by atoms with Gasteiger partial charge < -0.3 is 4.74 Å². The normalized spacial score (nSPS) is 11.3. The first-order valence-corrected chi connectivity index (χ1v) is 12.5. The maximum atomic E-state index is 5.99. The highest BCUT2D eigenvalue weighted by molar-refractivity contribution is 6.10. The largest absolute Gasteiger partial charge is 0.439 e. The Labute approximate surface area is 210 Å². The predicted molar refractivity (Wildman–Crippen MR) is 147 cm³/mol. The highest BCUT2D eigenvalue weighted by Crippen LogP contribution is 2.35. The number of aryl methyl sites for hydroxylation is 2. The molecular weight excluding hydrogens is 442 g/mol. The topological polar surface area (TPSA) is 39.9 Å². The van der Waals surface area contributed by atoms with Crippen LogP contribution in [0, 0.1) is 0 Å². The quantitative estimate of drug-likeness (QED) is 0.247. The molecule has 0 saturated carbocycles. The summed E-state index contributed by atoms with van der Waals surface area (Å²) >= 11 is 0. The molecule has 0 radical (unpaired) electrons. The number of ether oxygens (including phenoxy) is 1. The van der Waals surface area contributed by atoms with Crippen molar-refractivity contribution in [2.24, 2.45) is 0 Å². The summed E-state index contributed by atoms with van der Waals surface area (Å²) in [6.07, 6.45) is 3.62. The number of benzene rings is 3. The molecule has 0 atom stereocenters. The summed E-state index contributed by atoms with van der Waals surface area (Å²) in [4.78, 5) is 9.32. The van der Waals surface area contributed by atoms with E-state index in [1.807, 2.05) is 30.3 Å². The van der Waals surface area contributed by atoms with Crippen molar-refractivity contribution >= 4 is 21.8 Å². The number of rotatable bonds is 6. The van der Waals surface area contributed by atoms with Gasteiger partial charge in [0, 0.05) is 28.7 Å². The van der Waals surface area contributed by atoms with Crippen LogP contribution < -0.4 is 4.74 Å². The third-order valence-electron chi connectivity index (χ3n) is 6.63. The van der Waals surface area contributed by atoms with Crippen LogP contribution in [0.15, 0.2) is 103 Å². The van der Waals surface area contributed by atoms with Crippen LogP contribution in [0.25, 0.3) is 38.8 Å². The smallest absolute Gasteiger partial charge is 0.219 e. The van der Waals surface area contributed by atoms with Gasteiger partial charge in [-0.1, -0.05) is 62.4 Å². The summed E-state index contributed by atoms with van der Waals surface area (Å²) < 4.78 is 8.30. The van der Waals surface area contributed by atoms with E-state index in [0.717, 1.165) is 46.7 Å². The fourth-order valence-corrected chi connectivity index (χ4v) is 4.80. The van der Waals surface area contributed by atoms with E-state index in [2.05, 4.69) is 90.1 Å². The summed E-state index contributed by atoms with van der Waals surface area (Å²) in [5.41, 5.74) is 6.95. The molecule has 0 fully saturated rings. The Morgan fingerprint density at radius 2 is 1.53 bits per heavy atom. The van der Waals surface area contributed by atoms with Gasteiger partial charge in [0.1, 0.15) is 11.6 Å². The standard InChI is InChI=1S/C32H27N3O/c1-3-22-18-25(4-2)34-31(19-22)35-29-13-6-5-12-27(29)28-16-15-24(21-30(28)35)23-10-9-11-26(20-23)36-32-14-7-8-17-33-32/h5-21H,3-4H2,1-2H3. The SMILES string of the molecule is CCc1cc(CC)nc(-n2c3ccccc3c3ccc(-c4cccc(Oc5ccccn5)c4)cc32)c1. The van der Waals surface area contributed by atoms with E-state index >= 15 is 0 Å². The van der Waals surface area contributed by atoms with Crippen molar-refractivity contribution in [2.75, 3.05) is 0 Å². The molecule has 0 amide bonds. The first-order valence-electron chi connectivity index (χ1n) is 12.5. The van der Waals surface area contributed by atoms with Crippen LogP contribution in [0.4, 0.5) is 0 Å². The van der Waals surface area contributed by atoms with Gasteiger partial charge in [0.05, 0.1) is 11.0 Å². The highest BCUT2D eigenvalue weighted by Gasteiger charge is 2.15. The third kappa shape index (κ3) is 4.01. The van der Waals surface area contributed by atoms with Gasteiger partial charge in [0.2, 0.25) is 5.88 Å². The summed E-state index contributed by atoms with van der Waals surface area (Å²) in [5, 5.41) is 2.45. The van der Waals surface area contributed by atoms with E-state index in [1.54, 1.807) is 6.20 Å². The van der Waals surface area contributed by atoms with E-state index in [4.69, 9.17) is 9.72 Å². The van der Waals surface area contributed by atoms with E-state index in [0.29, 0.717) is 5.88 Å². The van der Waals surface area contributed by atoms with Crippen molar-refractivity contribution in [3.05, 3.63) is 115 Å². The molecule has 176 valence electrons. The number of hydrogen-bond acceptors (Lipinski definition) is 3. The molecule has 0 unspecified atom stereocenters. The third-order valence-corrected chi connectivity index (χ3v) is 6.63. The summed E-state index contributed by atoms with van der Waals surface area (Å²) in [6.45, 7) is 4.36. The van der Waals surface area contributed by atoms with Gasteiger partial charge in [-0.3, -0.25) is 4.57 Å². The zero-order valence-corrected chi connectivity index (χ0v) is 20.5. The number of nitrogens with zero attached hydrogens (tertiary/aromatic N) is 3. The van der Waals surface area contributed by atoms with Gasteiger partial charge in [-0.15, -0.1) is 0 Å². The minimum atomic E-state index is 0.582. The molecule has 0 saturated heterocycles. The lowest BCUT2D eigenvalue weighted by atomic mass is 10.0. The van der Waals surface area contributed by atoms with Crippen molar-refractivity contribution in [1.82, 2.24) is 14.5 Å². The highest BCUT2D eigenvalue weighted by atomic mass is 16.5. The number of fused-ring (bicyclic) bond motifs is 3. The molecule has 0 aliphatic rings. The zero-order valence-electron chi connectivity index (χ0n) is 20.5. The maximum absolute atomic E-state index is 5.99. The van der Waals surface area contributed by atoms with E-state index in [9.17, 15) is 0 Å². The van der Waals surface area contributed by atoms with Crippen LogP contribution in [0.1, 0.15) is 25.1 Å². The fourth-order valence-electron chi connectivity index (χ4n) is 4.80. The van der Waals surface area contributed by atoms with Crippen LogP contribution >= 0.6 is 0 Å². The molecule has 3 aromatic heterocycles. The monoisotopic (exact) mass is 469 g/mol. The summed E-state index contributed by atoms with van der Waals surface area (Å²) in [6, 6.07) is 33.5. The maximum Gasteiger partial charge on any atom is 0.219 e. The molecule has 0 spiro atoms. The molecule has 0 aliphatic carbocycles. The van der Waals surface area contributed by atoms with Gasteiger partial charge in [-0.2, -0.15) is 0 Å². The number of pyridine rings is 2. The molecule has 36 heavy (non-hydrogen) atoms. The molecule has 3 heterocycles. The number of aromatic nitrogens is 3. The molecule has 0 bridgehead atoms. The summed E-state index contributed by atoms with van der Waals surface area (Å²) in [7, 11) is 0. The number of hydrogen-bond donors (Lipinski definition) is 0. The van der Waals surface area contributed by atoms with Crippen LogP contribution in [0.2, 0.25) is 0 Å². The van der Waals surface area contributed by atoms with Gasteiger partial charge in [-0.25, -0.2) is 9.97 Å². The average Bonchev–Trinajstić information content (AvgIpc) is 3.27. The molecule has 4 nitrogen and oxygen atoms in total. The lowest BCUT2D eigenvalue weighted by Crippen LogP contribution is -2.02. The second kappa shape index (κ2) is 9.31. The van der Waals surface area contributed by atoms with Crippen LogP contribution in [0.3, 0.4) is 0 Å². The van der Waals surface area contributed by atoms with Crippen molar-refractivity contribution in [1.29, 1.82) is 0 Å². The lowest BCUT2D eigenvalue weighted by Gasteiger charge is -2.12. The van der Waals surface area contributed by atoms with Crippen LogP contribution in [-0.4, -0.2) is 14.5 Å². The Morgan fingerprint density at radius 1 is 0.694 bits per heavy atom. The second-order valence-electron chi connectivity index (χ2n) is 8.91. The van der Waals surface area contributed by atoms with Crippen molar-refractivity contribution in [2.45, 2.75) is 26.7 Å². The molecule has 6 rings (SSSR count). The van der Waals surface area contributed by atoms with E-state index < -0.39 is 0 Å². The Morgan fingerprint density at radius 3 is 2.36 bits per heavy atom. The Balaban J connectivity index is 1.52. The van der Waals surface area contributed by atoms with Gasteiger partial charge >= 0.3 is 0 Å². The Kier molecular flexibility index (Phi) is 5.70. The first kappa shape index (κ1) is 22.1. The van der Waals surface area contributed by atoms with Gasteiger partial charge in [0.15, 0.2) is 0 Å².